The molecule has 0 aromatic carbocycles. The second kappa shape index (κ2) is 2.91. The Balaban J connectivity index is 1.97. The van der Waals surface area contributed by atoms with E-state index in [4.69, 9.17) is 0 Å². The maximum Gasteiger partial charge on any atom is 0.0124 e. The maximum atomic E-state index is 3.55. The normalized spacial score (nSPS) is 28.5. The number of unbranched alkanes of at least 4 members (excludes halogenated alkanes) is 1. The third kappa shape index (κ3) is 1.98. The highest BCUT2D eigenvalue weighted by Crippen LogP contribution is 2.44. The Hall–Kier alpha value is -0.0400. The summed E-state index contributed by atoms with van der Waals surface area (Å²) in [4.78, 5) is 0. The first-order valence-corrected chi connectivity index (χ1v) is 4.40. The minimum Gasteiger partial charge on any atom is -0.313 e. The van der Waals surface area contributed by atoms with Gasteiger partial charge in [0.1, 0.15) is 0 Å². The van der Waals surface area contributed by atoms with E-state index in [1.54, 1.807) is 0 Å². The van der Waals surface area contributed by atoms with Crippen molar-refractivity contribution in [1.82, 2.24) is 5.32 Å². The first-order valence-electron chi connectivity index (χ1n) is 4.40. The van der Waals surface area contributed by atoms with Crippen LogP contribution in [-0.2, 0) is 0 Å². The molecule has 0 aromatic rings. The molecular weight excluding hydrogens is 122 g/mol. The molecule has 0 amide bonds. The van der Waals surface area contributed by atoms with E-state index in [0.29, 0.717) is 5.41 Å². The van der Waals surface area contributed by atoms with Gasteiger partial charge in [-0.05, 0) is 24.8 Å². The van der Waals surface area contributed by atoms with Gasteiger partial charge in [-0.2, -0.15) is 0 Å². The molecule has 1 fully saturated rings. The second-order valence-corrected chi connectivity index (χ2v) is 4.05. The lowest BCUT2D eigenvalue weighted by molar-refractivity contribution is 0.532. The van der Waals surface area contributed by atoms with Gasteiger partial charge in [-0.1, -0.05) is 27.2 Å². The average molecular weight is 141 g/mol. The van der Waals surface area contributed by atoms with E-state index in [-0.39, 0.29) is 0 Å². The van der Waals surface area contributed by atoms with Crippen molar-refractivity contribution in [2.24, 2.45) is 5.41 Å². The van der Waals surface area contributed by atoms with Crippen molar-refractivity contribution in [2.45, 2.75) is 46.1 Å². The molecule has 1 aliphatic rings. The minimum atomic E-state index is 0.605. The monoisotopic (exact) mass is 141 g/mol. The third-order valence-electron chi connectivity index (χ3n) is 2.43. The molecule has 1 saturated carbocycles. The number of rotatable bonds is 4. The van der Waals surface area contributed by atoms with Crippen LogP contribution in [0.15, 0.2) is 0 Å². The molecule has 0 bridgehead atoms. The molecule has 0 radical (unpaired) electrons. The van der Waals surface area contributed by atoms with Gasteiger partial charge in [0.15, 0.2) is 0 Å². The van der Waals surface area contributed by atoms with Gasteiger partial charge in [-0.15, -0.1) is 0 Å². The van der Waals surface area contributed by atoms with Gasteiger partial charge in [0.05, 0.1) is 0 Å². The van der Waals surface area contributed by atoms with E-state index >= 15 is 0 Å². The molecular formula is C9H19N. The van der Waals surface area contributed by atoms with E-state index in [1.807, 2.05) is 0 Å². The molecule has 0 aliphatic heterocycles. The molecule has 1 aliphatic carbocycles. The van der Waals surface area contributed by atoms with Crippen LogP contribution in [0.1, 0.15) is 40.0 Å². The van der Waals surface area contributed by atoms with E-state index in [2.05, 4.69) is 26.1 Å². The topological polar surface area (TPSA) is 12.0 Å². The van der Waals surface area contributed by atoms with Gasteiger partial charge >= 0.3 is 0 Å². The van der Waals surface area contributed by atoms with E-state index in [1.165, 1.54) is 25.8 Å². The molecule has 1 rings (SSSR count). The molecule has 0 heterocycles. The second-order valence-electron chi connectivity index (χ2n) is 4.05. The summed E-state index contributed by atoms with van der Waals surface area (Å²) in [5, 5.41) is 3.55. The highest BCUT2D eigenvalue weighted by molar-refractivity contribution is 5.01. The Morgan fingerprint density at radius 3 is 2.50 bits per heavy atom. The Labute approximate surface area is 64.2 Å². The molecule has 0 aromatic heterocycles. The molecule has 0 spiro atoms. The van der Waals surface area contributed by atoms with Gasteiger partial charge in [-0.25, -0.2) is 0 Å². The summed E-state index contributed by atoms with van der Waals surface area (Å²) < 4.78 is 0. The summed E-state index contributed by atoms with van der Waals surface area (Å²) in [6, 6.07) is 0.819. The molecule has 1 nitrogen and oxygen atoms in total. The summed E-state index contributed by atoms with van der Waals surface area (Å²) in [7, 11) is 0. The highest BCUT2D eigenvalue weighted by atomic mass is 15.0. The lowest BCUT2D eigenvalue weighted by atomic mass is 10.2. The first kappa shape index (κ1) is 8.06. The molecule has 1 heteroatoms. The third-order valence-corrected chi connectivity index (χ3v) is 2.43. The van der Waals surface area contributed by atoms with Gasteiger partial charge in [0.2, 0.25) is 0 Å². The van der Waals surface area contributed by atoms with Gasteiger partial charge in [-0.3, -0.25) is 0 Å². The van der Waals surface area contributed by atoms with E-state index in [0.717, 1.165) is 6.04 Å². The predicted molar refractivity (Wildman–Crippen MR) is 45.1 cm³/mol. The van der Waals surface area contributed by atoms with Crippen molar-refractivity contribution < 1.29 is 0 Å². The predicted octanol–water partition coefficient (Wildman–Crippen LogP) is 2.17. The molecule has 1 atom stereocenters. The quantitative estimate of drug-likeness (QED) is 0.592. The Morgan fingerprint density at radius 1 is 1.50 bits per heavy atom. The Kier molecular flexibility index (Phi) is 2.35. The van der Waals surface area contributed by atoms with Gasteiger partial charge in [0.25, 0.3) is 0 Å². The summed E-state index contributed by atoms with van der Waals surface area (Å²) in [5.41, 5.74) is 0.605. The fourth-order valence-corrected chi connectivity index (χ4v) is 1.27. The zero-order valence-electron chi connectivity index (χ0n) is 7.41. The van der Waals surface area contributed by atoms with Crippen LogP contribution in [0.3, 0.4) is 0 Å². The lowest BCUT2D eigenvalue weighted by Crippen LogP contribution is -2.21. The minimum absolute atomic E-state index is 0.605. The summed E-state index contributed by atoms with van der Waals surface area (Å²) in [6.07, 6.45) is 4.00. The number of hydrogen-bond acceptors (Lipinski definition) is 1. The fraction of sp³-hybridized carbons (Fsp3) is 1.00. The van der Waals surface area contributed by atoms with Crippen LogP contribution in [-0.4, -0.2) is 12.6 Å². The van der Waals surface area contributed by atoms with Crippen LogP contribution in [0.5, 0.6) is 0 Å². The largest absolute Gasteiger partial charge is 0.313 e. The average Bonchev–Trinajstić information content (AvgIpc) is 2.41. The van der Waals surface area contributed by atoms with E-state index < -0.39 is 0 Å². The Bertz CT molecular complexity index is 107. The van der Waals surface area contributed by atoms with Crippen LogP contribution >= 0.6 is 0 Å². The summed E-state index contributed by atoms with van der Waals surface area (Å²) >= 11 is 0. The molecule has 1 N–H and O–H groups in total. The van der Waals surface area contributed by atoms with Gasteiger partial charge < -0.3 is 5.32 Å². The van der Waals surface area contributed by atoms with Crippen LogP contribution in [0.2, 0.25) is 0 Å². The SMILES string of the molecule is CCCCNC1CC1(C)C. The Morgan fingerprint density at radius 2 is 2.10 bits per heavy atom. The smallest absolute Gasteiger partial charge is 0.0124 e. The fourth-order valence-electron chi connectivity index (χ4n) is 1.27. The zero-order chi connectivity index (χ0) is 7.61. The number of nitrogens with one attached hydrogen (secondary N) is 1. The first-order chi connectivity index (χ1) is 4.67. The van der Waals surface area contributed by atoms with Crippen LogP contribution in [0, 0.1) is 5.41 Å². The molecule has 0 saturated heterocycles. The highest BCUT2D eigenvalue weighted by Gasteiger charge is 2.44. The molecule has 1 unspecified atom stereocenters. The van der Waals surface area contributed by atoms with Crippen LogP contribution < -0.4 is 5.32 Å². The molecule has 10 heavy (non-hydrogen) atoms. The van der Waals surface area contributed by atoms with Crippen molar-refractivity contribution in [3.05, 3.63) is 0 Å². The van der Waals surface area contributed by atoms with E-state index in [9.17, 15) is 0 Å². The zero-order valence-corrected chi connectivity index (χ0v) is 7.41. The summed E-state index contributed by atoms with van der Waals surface area (Å²) in [6.45, 7) is 8.11. The molecule has 60 valence electrons. The van der Waals surface area contributed by atoms with Crippen molar-refractivity contribution >= 4 is 0 Å². The van der Waals surface area contributed by atoms with Gasteiger partial charge in [0, 0.05) is 6.04 Å². The van der Waals surface area contributed by atoms with Crippen molar-refractivity contribution in [2.75, 3.05) is 6.54 Å². The maximum absolute atomic E-state index is 3.55. The lowest BCUT2D eigenvalue weighted by Gasteiger charge is -2.04. The van der Waals surface area contributed by atoms with Crippen molar-refractivity contribution in [1.29, 1.82) is 0 Å². The standard InChI is InChI=1S/C9H19N/c1-4-5-6-10-8-7-9(8,2)3/h8,10H,4-7H2,1-3H3. The van der Waals surface area contributed by atoms with Crippen LogP contribution in [0.4, 0.5) is 0 Å². The summed E-state index contributed by atoms with van der Waals surface area (Å²) in [5.74, 6) is 0. The van der Waals surface area contributed by atoms with Crippen LogP contribution in [0.25, 0.3) is 0 Å². The van der Waals surface area contributed by atoms with Crippen molar-refractivity contribution in [3.8, 4) is 0 Å². The number of hydrogen-bond donors (Lipinski definition) is 1. The van der Waals surface area contributed by atoms with Crippen molar-refractivity contribution in [3.63, 3.8) is 0 Å².